The predicted octanol–water partition coefficient (Wildman–Crippen LogP) is 7.01. The lowest BCUT2D eigenvalue weighted by Gasteiger charge is -2.34. The normalized spacial score (nSPS) is 21.5. The van der Waals surface area contributed by atoms with E-state index in [1.165, 1.54) is 0 Å². The zero-order valence-corrected chi connectivity index (χ0v) is 26.7. The van der Waals surface area contributed by atoms with Crippen molar-refractivity contribution in [1.29, 1.82) is 0 Å². The lowest BCUT2D eigenvalue weighted by Crippen LogP contribution is -2.41. The van der Waals surface area contributed by atoms with E-state index >= 15 is 0 Å². The molecule has 2 saturated carbocycles. The second kappa shape index (κ2) is 12.3. The molecule has 3 aliphatic rings. The van der Waals surface area contributed by atoms with E-state index in [1.807, 2.05) is 18.0 Å². The van der Waals surface area contributed by atoms with Gasteiger partial charge in [0.25, 0.3) is 0 Å². The van der Waals surface area contributed by atoms with Crippen molar-refractivity contribution in [3.63, 3.8) is 0 Å². The molecule has 0 aromatic carbocycles. The van der Waals surface area contributed by atoms with Gasteiger partial charge in [0.1, 0.15) is 28.9 Å². The van der Waals surface area contributed by atoms with E-state index in [1.54, 1.807) is 25.6 Å². The first-order valence-corrected chi connectivity index (χ1v) is 16.3. The number of nitrogens with one attached hydrogen (secondary N) is 1. The van der Waals surface area contributed by atoms with Gasteiger partial charge in [-0.25, -0.2) is 29.3 Å². The van der Waals surface area contributed by atoms with E-state index in [-0.39, 0.29) is 23.8 Å². The summed E-state index contributed by atoms with van der Waals surface area (Å²) in [5.41, 5.74) is 2.45. The first kappa shape index (κ1) is 31.7. The fraction of sp³-hybridized carbons (Fsp3) is 0.529. The Morgan fingerprint density at radius 2 is 1.83 bits per heavy atom. The quantitative estimate of drug-likeness (QED) is 0.193. The second-order valence-corrected chi connectivity index (χ2v) is 13.5. The SMILES string of the molecule is [CH2][C@@H]1CCN(c2cnc(-c3nc4nc(-c5cc(C6CC6)nc(C(F)(F)F)c5)cc(N(C)CC5(COC)CCCC5)c4[nH]3)cn2)C[C@H]1F. The van der Waals surface area contributed by atoms with Crippen LogP contribution < -0.4 is 9.80 Å². The van der Waals surface area contributed by atoms with Gasteiger partial charge in [0.2, 0.25) is 0 Å². The average molecular weight is 652 g/mol. The average Bonchev–Trinajstić information content (AvgIpc) is 3.66. The van der Waals surface area contributed by atoms with Crippen LogP contribution >= 0.6 is 0 Å². The summed E-state index contributed by atoms with van der Waals surface area (Å²) < 4.78 is 61.9. The number of imidazole rings is 1. The maximum atomic E-state index is 14.3. The minimum absolute atomic E-state index is 0.0255. The molecule has 4 aromatic rings. The molecule has 2 atom stereocenters. The molecule has 9 nitrogen and oxygen atoms in total. The number of fused-ring (bicyclic) bond motifs is 1. The van der Waals surface area contributed by atoms with E-state index in [0.717, 1.165) is 50.3 Å². The number of H-pyrrole nitrogens is 1. The molecule has 0 unspecified atom stereocenters. The van der Waals surface area contributed by atoms with Crippen LogP contribution in [0.15, 0.2) is 30.6 Å². The van der Waals surface area contributed by atoms with Crippen molar-refractivity contribution in [2.24, 2.45) is 11.3 Å². The van der Waals surface area contributed by atoms with Crippen LogP contribution in [0.4, 0.5) is 29.1 Å². The Balaban J connectivity index is 1.29. The number of anilines is 2. The molecule has 1 aliphatic heterocycles. The van der Waals surface area contributed by atoms with Gasteiger partial charge in [-0.2, -0.15) is 13.2 Å². The Morgan fingerprint density at radius 3 is 2.49 bits per heavy atom. The summed E-state index contributed by atoms with van der Waals surface area (Å²) in [7, 11) is 3.70. The summed E-state index contributed by atoms with van der Waals surface area (Å²) in [6.07, 6.45) is 4.16. The summed E-state index contributed by atoms with van der Waals surface area (Å²) >= 11 is 0. The van der Waals surface area contributed by atoms with E-state index < -0.39 is 18.0 Å². The molecule has 5 heterocycles. The van der Waals surface area contributed by atoms with Crippen LogP contribution in [0, 0.1) is 18.3 Å². The first-order chi connectivity index (χ1) is 22.5. The molecule has 13 heteroatoms. The molecular formula is C34H39F4N8O. The number of hydrogen-bond acceptors (Lipinski definition) is 8. The molecule has 0 spiro atoms. The number of aromatic nitrogens is 6. The predicted molar refractivity (Wildman–Crippen MR) is 172 cm³/mol. The van der Waals surface area contributed by atoms with Crippen molar-refractivity contribution in [3.8, 4) is 22.8 Å². The van der Waals surface area contributed by atoms with Crippen molar-refractivity contribution in [3.05, 3.63) is 48.9 Å². The van der Waals surface area contributed by atoms with Crippen LogP contribution in [0.2, 0.25) is 0 Å². The van der Waals surface area contributed by atoms with Crippen molar-refractivity contribution in [1.82, 2.24) is 29.9 Å². The van der Waals surface area contributed by atoms with Crippen molar-refractivity contribution in [2.45, 2.75) is 63.2 Å². The third-order valence-corrected chi connectivity index (χ3v) is 9.85. The van der Waals surface area contributed by atoms with Gasteiger partial charge >= 0.3 is 6.18 Å². The van der Waals surface area contributed by atoms with Gasteiger partial charge in [-0.05, 0) is 63.1 Å². The van der Waals surface area contributed by atoms with Crippen LogP contribution in [0.5, 0.6) is 0 Å². The van der Waals surface area contributed by atoms with Crippen molar-refractivity contribution in [2.75, 3.05) is 50.2 Å². The smallest absolute Gasteiger partial charge is 0.384 e. The number of nitrogens with zero attached hydrogens (tertiary/aromatic N) is 7. The highest BCUT2D eigenvalue weighted by molar-refractivity contribution is 5.91. The first-order valence-electron chi connectivity index (χ1n) is 16.3. The Bertz CT molecular complexity index is 1730. The Labute approximate surface area is 271 Å². The molecule has 1 N–H and O–H groups in total. The number of alkyl halides is 4. The van der Waals surface area contributed by atoms with Gasteiger partial charge in [0.15, 0.2) is 11.5 Å². The zero-order valence-electron chi connectivity index (χ0n) is 26.7. The highest BCUT2D eigenvalue weighted by Crippen LogP contribution is 2.44. The Morgan fingerprint density at radius 1 is 1.04 bits per heavy atom. The number of halogens is 4. The lowest BCUT2D eigenvalue weighted by atomic mass is 9.86. The van der Waals surface area contributed by atoms with Gasteiger partial charge in [-0.15, -0.1) is 0 Å². The van der Waals surface area contributed by atoms with Gasteiger partial charge in [0, 0.05) is 49.8 Å². The Hall–Kier alpha value is -3.87. The van der Waals surface area contributed by atoms with Gasteiger partial charge in [-0.1, -0.05) is 12.8 Å². The molecule has 4 aromatic heterocycles. The summed E-state index contributed by atoms with van der Waals surface area (Å²) in [6.45, 7) is 6.05. The summed E-state index contributed by atoms with van der Waals surface area (Å²) in [5, 5.41) is 0. The van der Waals surface area contributed by atoms with Crippen molar-refractivity contribution >= 4 is 22.7 Å². The number of pyridine rings is 2. The topological polar surface area (TPSA) is 96.0 Å². The fourth-order valence-electron chi connectivity index (χ4n) is 7.11. The standard InChI is InChI=1S/C34H39F4N8O/c1-20-8-11-46(17-23(20)35)29-16-39-26(15-40-29)31-43-30-27(45(2)18-33(19-47-3)9-4-5-10-33)14-25(42-32(30)44-31)22-12-24(21-6-7-21)41-28(13-22)34(36,37)38/h12-16,20-21,23H,1,4-11,17-19H2,2-3H3,(H,42,43,44)/t20-,23-/m1/s1. The highest BCUT2D eigenvalue weighted by atomic mass is 19.4. The molecule has 47 heavy (non-hydrogen) atoms. The molecule has 0 bridgehead atoms. The van der Waals surface area contributed by atoms with E-state index in [4.69, 9.17) is 14.7 Å². The number of piperidine rings is 1. The van der Waals surface area contributed by atoms with Crippen LogP contribution in [0.3, 0.4) is 0 Å². The van der Waals surface area contributed by atoms with Gasteiger partial charge in [-0.3, -0.25) is 0 Å². The number of aromatic amines is 1. The molecule has 7 rings (SSSR count). The molecule has 2 aliphatic carbocycles. The molecular weight excluding hydrogens is 612 g/mol. The maximum Gasteiger partial charge on any atom is 0.433 e. The largest absolute Gasteiger partial charge is 0.433 e. The maximum absolute atomic E-state index is 14.3. The molecule has 249 valence electrons. The van der Waals surface area contributed by atoms with E-state index in [2.05, 4.69) is 31.8 Å². The summed E-state index contributed by atoms with van der Waals surface area (Å²) in [5.74, 6) is 0.793. The third-order valence-electron chi connectivity index (χ3n) is 9.85. The zero-order chi connectivity index (χ0) is 32.9. The van der Waals surface area contributed by atoms with Crippen LogP contribution in [0.1, 0.15) is 62.3 Å². The van der Waals surface area contributed by atoms with Gasteiger partial charge < -0.3 is 19.5 Å². The summed E-state index contributed by atoms with van der Waals surface area (Å²) in [6, 6.07) is 4.63. The van der Waals surface area contributed by atoms with Gasteiger partial charge in [0.05, 0.1) is 36.9 Å². The third kappa shape index (κ3) is 6.50. The number of methoxy groups -OCH3 is 1. The highest BCUT2D eigenvalue weighted by Gasteiger charge is 2.37. The minimum Gasteiger partial charge on any atom is -0.384 e. The molecule has 3 fully saturated rings. The monoisotopic (exact) mass is 651 g/mol. The molecule has 1 radical (unpaired) electrons. The molecule has 1 saturated heterocycles. The Kier molecular flexibility index (Phi) is 8.30. The second-order valence-electron chi connectivity index (χ2n) is 13.5. The van der Waals surface area contributed by atoms with Crippen LogP contribution in [0.25, 0.3) is 33.9 Å². The van der Waals surface area contributed by atoms with Crippen LogP contribution in [-0.4, -0.2) is 76.5 Å². The minimum atomic E-state index is -4.59. The van der Waals surface area contributed by atoms with E-state index in [9.17, 15) is 17.6 Å². The van der Waals surface area contributed by atoms with E-state index in [0.29, 0.717) is 71.6 Å². The van der Waals surface area contributed by atoms with Crippen LogP contribution in [-0.2, 0) is 10.9 Å². The molecule has 0 amide bonds. The number of ether oxygens (including phenoxy) is 1. The fourth-order valence-corrected chi connectivity index (χ4v) is 7.11. The number of hydrogen-bond donors (Lipinski definition) is 1. The van der Waals surface area contributed by atoms with Crippen molar-refractivity contribution < 1.29 is 22.3 Å². The lowest BCUT2D eigenvalue weighted by molar-refractivity contribution is -0.141. The summed E-state index contributed by atoms with van der Waals surface area (Å²) in [4.78, 5) is 30.0. The number of rotatable bonds is 9.